The number of benzene rings is 3. The van der Waals surface area contributed by atoms with E-state index in [1.54, 1.807) is 11.3 Å². The maximum Gasteiger partial charge on any atom is 0.306 e. The molecule has 192 valence electrons. The second kappa shape index (κ2) is 12.4. The number of carbonyl (C=O) groups excluding carboxylic acids is 1. The van der Waals surface area contributed by atoms with E-state index in [1.807, 2.05) is 60.8 Å². The van der Waals surface area contributed by atoms with Crippen molar-refractivity contribution in [3.05, 3.63) is 120 Å². The number of hydrogen-bond acceptors (Lipinski definition) is 5. The maximum absolute atomic E-state index is 12.0. The first-order valence-electron chi connectivity index (χ1n) is 12.8. The third-order valence-electron chi connectivity index (χ3n) is 6.20. The summed E-state index contributed by atoms with van der Waals surface area (Å²) < 4.78 is 13.3. The van der Waals surface area contributed by atoms with Gasteiger partial charge in [0.15, 0.2) is 0 Å². The average molecular weight is 523 g/mol. The molecule has 0 amide bonds. The third-order valence-corrected chi connectivity index (χ3v) is 7.14. The molecule has 2 heterocycles. The van der Waals surface area contributed by atoms with Crippen LogP contribution in [0.4, 0.5) is 0 Å². The maximum atomic E-state index is 12.0. The molecule has 0 fully saturated rings. The molecule has 0 aliphatic carbocycles. The molecule has 38 heavy (non-hydrogen) atoms. The molecule has 0 bridgehead atoms. The molecule has 2 aromatic heterocycles. The van der Waals surface area contributed by atoms with Crippen LogP contribution < -0.4 is 4.74 Å². The molecule has 0 saturated carbocycles. The first-order chi connectivity index (χ1) is 18.7. The molecule has 0 radical (unpaired) electrons. The van der Waals surface area contributed by atoms with Crippen LogP contribution in [0.2, 0.25) is 0 Å². The lowest BCUT2D eigenvalue weighted by Crippen LogP contribution is -2.05. The van der Waals surface area contributed by atoms with E-state index in [0.29, 0.717) is 26.1 Å². The van der Waals surface area contributed by atoms with Crippen molar-refractivity contribution in [1.29, 1.82) is 0 Å². The molecular formula is C32H30N2O3S. The highest BCUT2D eigenvalue weighted by molar-refractivity contribution is 7.13. The van der Waals surface area contributed by atoms with Crippen molar-refractivity contribution >= 4 is 17.3 Å². The van der Waals surface area contributed by atoms with E-state index < -0.39 is 0 Å². The van der Waals surface area contributed by atoms with Gasteiger partial charge in [-0.15, -0.1) is 11.3 Å². The van der Waals surface area contributed by atoms with Gasteiger partial charge in [0.2, 0.25) is 0 Å². The summed E-state index contributed by atoms with van der Waals surface area (Å²) >= 11 is 1.63. The molecule has 5 aromatic rings. The van der Waals surface area contributed by atoms with E-state index in [4.69, 9.17) is 14.5 Å². The SMILES string of the molecule is CCOC(=O)CCc1cn(Cc2ccc(OCc3csc(-c4ccccc4)n3)cc2)cc1-c1ccccc1. The van der Waals surface area contributed by atoms with Crippen molar-refractivity contribution in [2.24, 2.45) is 0 Å². The zero-order valence-electron chi connectivity index (χ0n) is 21.4. The van der Waals surface area contributed by atoms with Crippen molar-refractivity contribution in [3.63, 3.8) is 0 Å². The lowest BCUT2D eigenvalue weighted by Gasteiger charge is -2.07. The Hall–Kier alpha value is -4.16. The van der Waals surface area contributed by atoms with Crippen molar-refractivity contribution in [2.75, 3.05) is 6.61 Å². The van der Waals surface area contributed by atoms with Gasteiger partial charge >= 0.3 is 5.97 Å². The summed E-state index contributed by atoms with van der Waals surface area (Å²) in [6.45, 7) is 3.40. The number of carbonyl (C=O) groups is 1. The summed E-state index contributed by atoms with van der Waals surface area (Å²) in [6, 6.07) is 28.7. The average Bonchev–Trinajstić information content (AvgIpc) is 3.60. The minimum absolute atomic E-state index is 0.163. The summed E-state index contributed by atoms with van der Waals surface area (Å²) in [6.07, 6.45) is 5.31. The topological polar surface area (TPSA) is 53.4 Å². The van der Waals surface area contributed by atoms with Crippen molar-refractivity contribution in [2.45, 2.75) is 32.9 Å². The largest absolute Gasteiger partial charge is 0.487 e. The molecule has 0 spiro atoms. The normalized spacial score (nSPS) is 10.9. The van der Waals surface area contributed by atoms with Gasteiger partial charge < -0.3 is 14.0 Å². The molecular weight excluding hydrogens is 492 g/mol. The molecule has 0 aliphatic rings. The highest BCUT2D eigenvalue weighted by Gasteiger charge is 2.12. The van der Waals surface area contributed by atoms with E-state index >= 15 is 0 Å². The Bertz CT molecular complexity index is 1460. The van der Waals surface area contributed by atoms with Gasteiger partial charge in [-0.25, -0.2) is 4.98 Å². The van der Waals surface area contributed by atoms with Crippen LogP contribution in [-0.2, 0) is 29.1 Å². The lowest BCUT2D eigenvalue weighted by atomic mass is 10.0. The zero-order chi connectivity index (χ0) is 26.2. The quantitative estimate of drug-likeness (QED) is 0.170. The Kier molecular flexibility index (Phi) is 8.31. The van der Waals surface area contributed by atoms with Crippen LogP contribution in [-0.4, -0.2) is 22.1 Å². The van der Waals surface area contributed by atoms with Crippen LogP contribution in [0.25, 0.3) is 21.7 Å². The molecule has 5 rings (SSSR count). The fourth-order valence-corrected chi connectivity index (χ4v) is 5.15. The zero-order valence-corrected chi connectivity index (χ0v) is 22.2. The number of hydrogen-bond donors (Lipinski definition) is 0. The second-order valence-electron chi connectivity index (χ2n) is 8.98. The van der Waals surface area contributed by atoms with Gasteiger partial charge in [-0.2, -0.15) is 0 Å². The van der Waals surface area contributed by atoms with Gasteiger partial charge in [-0.1, -0.05) is 72.8 Å². The predicted molar refractivity (Wildman–Crippen MR) is 152 cm³/mol. The van der Waals surface area contributed by atoms with Gasteiger partial charge in [-0.3, -0.25) is 4.79 Å². The van der Waals surface area contributed by atoms with Gasteiger partial charge in [-0.05, 0) is 42.2 Å². The van der Waals surface area contributed by atoms with Crippen LogP contribution in [0, 0.1) is 0 Å². The monoisotopic (exact) mass is 522 g/mol. The summed E-state index contributed by atoms with van der Waals surface area (Å²) in [5, 5.41) is 3.05. The summed E-state index contributed by atoms with van der Waals surface area (Å²) in [5.74, 6) is 0.652. The number of thiazole rings is 1. The molecule has 0 N–H and O–H groups in total. The standard InChI is InChI=1S/C32H30N2O3S/c1-2-36-31(35)18-15-27-20-34(21-30(27)25-9-5-3-6-10-25)19-24-13-16-29(17-14-24)37-22-28-23-38-32(33-28)26-11-7-4-8-12-26/h3-14,16-17,20-21,23H,2,15,18-19,22H2,1H3. The molecule has 0 saturated heterocycles. The number of nitrogens with zero attached hydrogens (tertiary/aromatic N) is 2. The van der Waals surface area contributed by atoms with Crippen molar-refractivity contribution < 1.29 is 14.3 Å². The summed E-state index contributed by atoms with van der Waals surface area (Å²) in [4.78, 5) is 16.7. The molecule has 0 atom stereocenters. The highest BCUT2D eigenvalue weighted by atomic mass is 32.1. The van der Waals surface area contributed by atoms with Crippen LogP contribution in [0.15, 0.2) is 103 Å². The smallest absolute Gasteiger partial charge is 0.306 e. The Morgan fingerprint density at radius 1 is 0.895 bits per heavy atom. The van der Waals surface area contributed by atoms with Crippen LogP contribution >= 0.6 is 11.3 Å². The lowest BCUT2D eigenvalue weighted by molar-refractivity contribution is -0.143. The van der Waals surface area contributed by atoms with Crippen LogP contribution in [0.5, 0.6) is 5.75 Å². The van der Waals surface area contributed by atoms with Crippen LogP contribution in [0.3, 0.4) is 0 Å². The van der Waals surface area contributed by atoms with E-state index in [2.05, 4.69) is 53.4 Å². The molecule has 6 heteroatoms. The fraction of sp³-hybridized carbons (Fsp3) is 0.188. The van der Waals surface area contributed by atoms with Gasteiger partial charge in [0.05, 0.1) is 12.3 Å². The Balaban J connectivity index is 1.23. The van der Waals surface area contributed by atoms with E-state index in [9.17, 15) is 4.79 Å². The van der Waals surface area contributed by atoms with Crippen LogP contribution in [0.1, 0.15) is 30.2 Å². The highest BCUT2D eigenvalue weighted by Crippen LogP contribution is 2.27. The summed E-state index contributed by atoms with van der Waals surface area (Å²) in [5.41, 5.74) is 6.65. The van der Waals surface area contributed by atoms with Crippen molar-refractivity contribution in [1.82, 2.24) is 9.55 Å². The fourth-order valence-electron chi connectivity index (χ4n) is 4.34. The first kappa shape index (κ1) is 25.5. The first-order valence-corrected chi connectivity index (χ1v) is 13.7. The summed E-state index contributed by atoms with van der Waals surface area (Å²) in [7, 11) is 0. The minimum Gasteiger partial charge on any atom is -0.487 e. The van der Waals surface area contributed by atoms with E-state index in [-0.39, 0.29) is 5.97 Å². The number of ether oxygens (including phenoxy) is 2. The Morgan fingerprint density at radius 3 is 2.32 bits per heavy atom. The third kappa shape index (κ3) is 6.58. The number of rotatable bonds is 11. The number of esters is 1. The molecule has 0 unspecified atom stereocenters. The number of aryl methyl sites for hydroxylation is 1. The molecule has 3 aromatic carbocycles. The minimum atomic E-state index is -0.163. The van der Waals surface area contributed by atoms with Gasteiger partial charge in [0, 0.05) is 41.9 Å². The Labute approximate surface area is 227 Å². The molecule has 5 nitrogen and oxygen atoms in total. The van der Waals surface area contributed by atoms with Gasteiger partial charge in [0.25, 0.3) is 0 Å². The van der Waals surface area contributed by atoms with Crippen molar-refractivity contribution in [3.8, 4) is 27.4 Å². The second-order valence-corrected chi connectivity index (χ2v) is 9.84. The molecule has 0 aliphatic heterocycles. The van der Waals surface area contributed by atoms with Gasteiger partial charge in [0.1, 0.15) is 17.4 Å². The van der Waals surface area contributed by atoms with E-state index in [0.717, 1.165) is 45.2 Å². The predicted octanol–water partition coefficient (Wildman–Crippen LogP) is 7.40. The Morgan fingerprint density at radius 2 is 1.61 bits per heavy atom. The number of aromatic nitrogens is 2. The van der Waals surface area contributed by atoms with E-state index in [1.165, 1.54) is 5.56 Å².